The molecule has 2 fully saturated rings. The summed E-state index contributed by atoms with van der Waals surface area (Å²) in [4.78, 5) is 25.8. The summed E-state index contributed by atoms with van der Waals surface area (Å²) in [6.45, 7) is 2.09. The molecule has 130 valence electrons. The number of hydrogen-bond donors (Lipinski definition) is 1. The number of benzene rings is 1. The van der Waals surface area contributed by atoms with Crippen LogP contribution in [0, 0.1) is 11.3 Å². The Bertz CT molecular complexity index is 588. The molecule has 0 bridgehead atoms. The Kier molecular flexibility index (Phi) is 5.19. The zero-order valence-corrected chi connectivity index (χ0v) is 13.9. The molecule has 0 radical (unpaired) electrons. The predicted molar refractivity (Wildman–Crippen MR) is 89.3 cm³/mol. The minimum atomic E-state index is -0.730. The van der Waals surface area contributed by atoms with Crippen LogP contribution in [-0.4, -0.2) is 41.6 Å². The van der Waals surface area contributed by atoms with Gasteiger partial charge in [0.05, 0.1) is 12.0 Å². The molecule has 5 nitrogen and oxygen atoms in total. The van der Waals surface area contributed by atoms with Crippen molar-refractivity contribution in [1.82, 2.24) is 4.90 Å². The minimum absolute atomic E-state index is 0.0633. The van der Waals surface area contributed by atoms with Crippen LogP contribution in [-0.2, 0) is 20.9 Å². The Balaban J connectivity index is 1.39. The maximum atomic E-state index is 12.4. The second-order valence-electron chi connectivity index (χ2n) is 6.97. The molecule has 1 aromatic rings. The molecule has 1 aromatic carbocycles. The topological polar surface area (TPSA) is 66.8 Å². The molecule has 1 saturated heterocycles. The molecule has 0 aromatic heterocycles. The van der Waals surface area contributed by atoms with Crippen molar-refractivity contribution in [3.05, 3.63) is 35.9 Å². The molecular formula is C19H25NO4. The standard InChI is InChI=1S/C19H25NO4/c21-17(9-5-11-24-13-15-6-2-1-3-7-15)20-12-16-8-4-10-19(16,14-20)18(22)23/h1-3,6-7,16H,4-5,8-14H2,(H,22,23)/t16-,19+/m0/s1. The van der Waals surface area contributed by atoms with E-state index in [4.69, 9.17) is 4.74 Å². The van der Waals surface area contributed by atoms with Crippen LogP contribution in [0.15, 0.2) is 30.3 Å². The van der Waals surface area contributed by atoms with Crippen LogP contribution >= 0.6 is 0 Å². The van der Waals surface area contributed by atoms with Crippen molar-refractivity contribution in [2.75, 3.05) is 19.7 Å². The van der Waals surface area contributed by atoms with Crippen LogP contribution in [0.4, 0.5) is 0 Å². The Morgan fingerprint density at radius 3 is 2.79 bits per heavy atom. The van der Waals surface area contributed by atoms with E-state index in [1.165, 1.54) is 0 Å². The predicted octanol–water partition coefficient (Wildman–Crippen LogP) is 2.70. The summed E-state index contributed by atoms with van der Waals surface area (Å²) in [7, 11) is 0. The van der Waals surface area contributed by atoms with E-state index in [1.807, 2.05) is 30.3 Å². The Labute approximate surface area is 142 Å². The van der Waals surface area contributed by atoms with Gasteiger partial charge in [-0.05, 0) is 30.7 Å². The third kappa shape index (κ3) is 3.46. The molecular weight excluding hydrogens is 306 g/mol. The summed E-state index contributed by atoms with van der Waals surface area (Å²) in [5.41, 5.74) is 0.444. The van der Waals surface area contributed by atoms with Crippen LogP contribution in [0.3, 0.4) is 0 Å². The smallest absolute Gasteiger partial charge is 0.311 e. The maximum Gasteiger partial charge on any atom is 0.311 e. The van der Waals surface area contributed by atoms with Crippen molar-refractivity contribution >= 4 is 11.9 Å². The lowest BCUT2D eigenvalue weighted by Crippen LogP contribution is -2.37. The number of fused-ring (bicyclic) bond motifs is 1. The SMILES string of the molecule is O=C(CCCOCc1ccccc1)N1C[C@@H]2CCC[C@@]2(C(=O)O)C1. The van der Waals surface area contributed by atoms with Crippen molar-refractivity contribution in [1.29, 1.82) is 0 Å². The Morgan fingerprint density at radius 1 is 1.29 bits per heavy atom. The van der Waals surface area contributed by atoms with Gasteiger partial charge < -0.3 is 14.7 Å². The van der Waals surface area contributed by atoms with E-state index in [2.05, 4.69) is 0 Å². The zero-order chi connectivity index (χ0) is 17.0. The van der Waals surface area contributed by atoms with Crippen molar-refractivity contribution in [3.8, 4) is 0 Å². The highest BCUT2D eigenvalue weighted by Crippen LogP contribution is 2.48. The lowest BCUT2D eigenvalue weighted by atomic mass is 9.81. The van der Waals surface area contributed by atoms with Gasteiger partial charge in [-0.1, -0.05) is 36.8 Å². The number of nitrogens with zero attached hydrogens (tertiary/aromatic N) is 1. The molecule has 2 atom stereocenters. The number of carboxylic acids is 1. The summed E-state index contributed by atoms with van der Waals surface area (Å²) >= 11 is 0. The van der Waals surface area contributed by atoms with E-state index in [9.17, 15) is 14.7 Å². The first-order chi connectivity index (χ1) is 11.6. The second kappa shape index (κ2) is 7.34. The summed E-state index contributed by atoms with van der Waals surface area (Å²) in [6.07, 6.45) is 3.70. The van der Waals surface area contributed by atoms with Crippen LogP contribution in [0.25, 0.3) is 0 Å². The number of ether oxygens (including phenoxy) is 1. The van der Waals surface area contributed by atoms with Crippen LogP contribution < -0.4 is 0 Å². The van der Waals surface area contributed by atoms with Gasteiger partial charge in [0.15, 0.2) is 0 Å². The number of amides is 1. The fourth-order valence-electron chi connectivity index (χ4n) is 4.08. The van der Waals surface area contributed by atoms with E-state index in [1.54, 1.807) is 4.90 Å². The average Bonchev–Trinajstić information content (AvgIpc) is 3.13. The molecule has 5 heteroatoms. The van der Waals surface area contributed by atoms with Gasteiger partial charge in [0, 0.05) is 26.1 Å². The molecule has 24 heavy (non-hydrogen) atoms. The van der Waals surface area contributed by atoms with Crippen molar-refractivity contribution in [2.45, 2.75) is 38.7 Å². The van der Waals surface area contributed by atoms with Gasteiger partial charge in [0.2, 0.25) is 5.91 Å². The zero-order valence-electron chi connectivity index (χ0n) is 13.9. The van der Waals surface area contributed by atoms with Gasteiger partial charge >= 0.3 is 5.97 Å². The first-order valence-electron chi connectivity index (χ1n) is 8.75. The molecule has 1 N–H and O–H groups in total. The largest absolute Gasteiger partial charge is 0.481 e. The summed E-state index contributed by atoms with van der Waals surface area (Å²) in [5, 5.41) is 9.57. The van der Waals surface area contributed by atoms with Crippen LogP contribution in [0.1, 0.15) is 37.7 Å². The fourth-order valence-corrected chi connectivity index (χ4v) is 4.08. The fraction of sp³-hybridized carbons (Fsp3) is 0.579. The third-order valence-corrected chi connectivity index (χ3v) is 5.44. The van der Waals surface area contributed by atoms with Gasteiger partial charge in [-0.3, -0.25) is 9.59 Å². The molecule has 3 rings (SSSR count). The molecule has 0 unspecified atom stereocenters. The summed E-state index contributed by atoms with van der Waals surface area (Å²) in [6, 6.07) is 9.95. The molecule has 0 spiro atoms. The number of rotatable bonds is 7. The Hall–Kier alpha value is -1.88. The van der Waals surface area contributed by atoms with Gasteiger partial charge in [0.1, 0.15) is 0 Å². The van der Waals surface area contributed by atoms with Gasteiger partial charge in [0.25, 0.3) is 0 Å². The highest BCUT2D eigenvalue weighted by molar-refractivity contribution is 5.81. The van der Waals surface area contributed by atoms with Crippen molar-refractivity contribution < 1.29 is 19.4 Å². The van der Waals surface area contributed by atoms with Gasteiger partial charge in [-0.2, -0.15) is 0 Å². The Morgan fingerprint density at radius 2 is 2.08 bits per heavy atom. The van der Waals surface area contributed by atoms with Gasteiger partial charge in [-0.15, -0.1) is 0 Å². The molecule has 1 saturated carbocycles. The molecule has 2 aliphatic rings. The number of carbonyl (C=O) groups excluding carboxylic acids is 1. The quantitative estimate of drug-likeness (QED) is 0.780. The summed E-state index contributed by atoms with van der Waals surface area (Å²) in [5.74, 6) is -0.534. The normalized spacial score (nSPS) is 25.7. The molecule has 1 amide bonds. The van der Waals surface area contributed by atoms with E-state index >= 15 is 0 Å². The van der Waals surface area contributed by atoms with Crippen molar-refractivity contribution in [3.63, 3.8) is 0 Å². The number of carboxylic acid groups (broad SMARTS) is 1. The highest BCUT2D eigenvalue weighted by Gasteiger charge is 2.55. The van der Waals surface area contributed by atoms with Crippen LogP contribution in [0.2, 0.25) is 0 Å². The minimum Gasteiger partial charge on any atom is -0.481 e. The number of aliphatic carboxylic acids is 1. The number of likely N-dealkylation sites (tertiary alicyclic amines) is 1. The van der Waals surface area contributed by atoms with Crippen molar-refractivity contribution in [2.24, 2.45) is 11.3 Å². The first kappa shape index (κ1) is 17.0. The van der Waals surface area contributed by atoms with Gasteiger partial charge in [-0.25, -0.2) is 0 Å². The number of carbonyl (C=O) groups is 2. The van der Waals surface area contributed by atoms with E-state index in [-0.39, 0.29) is 11.8 Å². The van der Waals surface area contributed by atoms with E-state index in [0.29, 0.717) is 45.6 Å². The maximum absolute atomic E-state index is 12.4. The average molecular weight is 331 g/mol. The lowest BCUT2D eigenvalue weighted by Gasteiger charge is -2.23. The number of hydrogen-bond acceptors (Lipinski definition) is 3. The van der Waals surface area contributed by atoms with E-state index < -0.39 is 11.4 Å². The molecule has 1 heterocycles. The van der Waals surface area contributed by atoms with E-state index in [0.717, 1.165) is 18.4 Å². The van der Waals surface area contributed by atoms with Crippen LogP contribution in [0.5, 0.6) is 0 Å². The third-order valence-electron chi connectivity index (χ3n) is 5.44. The molecule has 1 aliphatic carbocycles. The summed E-state index contributed by atoms with van der Waals surface area (Å²) < 4.78 is 5.60. The highest BCUT2D eigenvalue weighted by atomic mass is 16.5. The first-order valence-corrected chi connectivity index (χ1v) is 8.75. The monoisotopic (exact) mass is 331 g/mol. The lowest BCUT2D eigenvalue weighted by molar-refractivity contribution is -0.149. The molecule has 1 aliphatic heterocycles. The second-order valence-corrected chi connectivity index (χ2v) is 6.97.